The summed E-state index contributed by atoms with van der Waals surface area (Å²) in [5.41, 5.74) is 3.18. The van der Waals surface area contributed by atoms with Crippen molar-refractivity contribution in [2.75, 3.05) is 18.4 Å². The summed E-state index contributed by atoms with van der Waals surface area (Å²) in [7, 11) is 0. The van der Waals surface area contributed by atoms with Gasteiger partial charge < -0.3 is 10.2 Å². The summed E-state index contributed by atoms with van der Waals surface area (Å²) in [5, 5.41) is 3.52. The third kappa shape index (κ3) is 4.25. The van der Waals surface area contributed by atoms with Crippen molar-refractivity contribution in [3.8, 4) is 0 Å². The zero-order valence-corrected chi connectivity index (χ0v) is 16.3. The number of pyridine rings is 1. The number of hydrogen-bond acceptors (Lipinski definition) is 3. The van der Waals surface area contributed by atoms with Crippen molar-refractivity contribution < 1.29 is 9.59 Å². The molecule has 1 saturated heterocycles. The van der Waals surface area contributed by atoms with E-state index < -0.39 is 0 Å². The molecule has 4 rings (SSSR count). The molecule has 1 aromatic carbocycles. The number of carbonyl (C=O) groups is 2. The molecule has 1 aromatic heterocycles. The van der Waals surface area contributed by atoms with E-state index in [1.165, 1.54) is 5.56 Å². The fourth-order valence-electron chi connectivity index (χ4n) is 3.81. The van der Waals surface area contributed by atoms with Gasteiger partial charge in [-0.1, -0.05) is 23.7 Å². The number of halogens is 1. The first-order chi connectivity index (χ1) is 13.6. The third-order valence-corrected chi connectivity index (χ3v) is 5.69. The van der Waals surface area contributed by atoms with Gasteiger partial charge in [0.15, 0.2) is 0 Å². The second-order valence-electron chi connectivity index (χ2n) is 7.31. The molecule has 0 spiro atoms. The van der Waals surface area contributed by atoms with E-state index in [9.17, 15) is 9.59 Å². The van der Waals surface area contributed by atoms with Gasteiger partial charge in [-0.15, -0.1) is 0 Å². The standard InChI is InChI=1S/C22H22ClN3O2/c23-19-5-2-16(3-6-19)17-9-11-26(12-10-17)21(28)8-1-15-13-18-4-7-20(27)25-22(18)24-14-15/h1-3,5-6,8,13-14,17H,4,7,9-12H2,(H,24,25,27)/b8-1+. The number of aromatic nitrogens is 1. The van der Waals surface area contributed by atoms with E-state index in [1.807, 2.05) is 23.1 Å². The van der Waals surface area contributed by atoms with E-state index in [-0.39, 0.29) is 11.8 Å². The first-order valence-electron chi connectivity index (χ1n) is 9.60. The SMILES string of the molecule is O=C1CCc2cc(/C=C/C(=O)N3CCC(c4ccc(Cl)cc4)CC3)cnc2N1. The predicted octanol–water partition coefficient (Wildman–Crippen LogP) is 4.04. The molecule has 2 aliphatic heterocycles. The molecule has 2 aliphatic rings. The Kier molecular flexibility index (Phi) is 5.44. The molecule has 0 bridgehead atoms. The summed E-state index contributed by atoms with van der Waals surface area (Å²) in [6.07, 6.45) is 8.18. The average molecular weight is 396 g/mol. The first-order valence-corrected chi connectivity index (χ1v) is 9.97. The summed E-state index contributed by atoms with van der Waals surface area (Å²) in [5.74, 6) is 1.13. The van der Waals surface area contributed by atoms with Crippen molar-refractivity contribution in [2.45, 2.75) is 31.6 Å². The molecular formula is C22H22ClN3O2. The quantitative estimate of drug-likeness (QED) is 0.798. The molecule has 1 fully saturated rings. The number of piperidine rings is 1. The highest BCUT2D eigenvalue weighted by molar-refractivity contribution is 6.30. The lowest BCUT2D eigenvalue weighted by atomic mass is 9.89. The van der Waals surface area contributed by atoms with Crippen LogP contribution in [-0.4, -0.2) is 34.8 Å². The van der Waals surface area contributed by atoms with Crippen LogP contribution in [0.5, 0.6) is 0 Å². The number of anilines is 1. The molecule has 0 saturated carbocycles. The summed E-state index contributed by atoms with van der Waals surface area (Å²) in [6.45, 7) is 1.51. The maximum Gasteiger partial charge on any atom is 0.246 e. The number of likely N-dealkylation sites (tertiary alicyclic amines) is 1. The van der Waals surface area contributed by atoms with Gasteiger partial charge >= 0.3 is 0 Å². The number of hydrogen-bond donors (Lipinski definition) is 1. The number of fused-ring (bicyclic) bond motifs is 1. The van der Waals surface area contributed by atoms with Gasteiger partial charge in [0.2, 0.25) is 11.8 Å². The molecule has 0 atom stereocenters. The van der Waals surface area contributed by atoms with Crippen LogP contribution in [0, 0.1) is 0 Å². The van der Waals surface area contributed by atoms with Crippen molar-refractivity contribution in [1.29, 1.82) is 0 Å². The first kappa shape index (κ1) is 18.7. The molecule has 2 amide bonds. The predicted molar refractivity (Wildman–Crippen MR) is 110 cm³/mol. The molecule has 6 heteroatoms. The highest BCUT2D eigenvalue weighted by atomic mass is 35.5. The van der Waals surface area contributed by atoms with Crippen LogP contribution < -0.4 is 5.32 Å². The van der Waals surface area contributed by atoms with Gasteiger partial charge in [-0.25, -0.2) is 4.98 Å². The molecule has 3 heterocycles. The molecule has 28 heavy (non-hydrogen) atoms. The van der Waals surface area contributed by atoms with E-state index in [0.29, 0.717) is 24.6 Å². The lowest BCUT2D eigenvalue weighted by molar-refractivity contribution is -0.127. The fourth-order valence-corrected chi connectivity index (χ4v) is 3.93. The van der Waals surface area contributed by atoms with Gasteiger partial charge in [0.25, 0.3) is 0 Å². The van der Waals surface area contributed by atoms with Gasteiger partial charge in [0.05, 0.1) is 0 Å². The normalized spacial score (nSPS) is 17.5. The number of rotatable bonds is 3. The number of nitrogens with one attached hydrogen (secondary N) is 1. The Morgan fingerprint density at radius 2 is 1.93 bits per heavy atom. The maximum atomic E-state index is 12.5. The summed E-state index contributed by atoms with van der Waals surface area (Å²) >= 11 is 5.96. The van der Waals surface area contributed by atoms with Crippen LogP contribution >= 0.6 is 11.6 Å². The summed E-state index contributed by atoms with van der Waals surface area (Å²) < 4.78 is 0. The van der Waals surface area contributed by atoms with Crippen molar-refractivity contribution in [3.63, 3.8) is 0 Å². The molecule has 0 aliphatic carbocycles. The lowest BCUT2D eigenvalue weighted by Crippen LogP contribution is -2.36. The van der Waals surface area contributed by atoms with Gasteiger partial charge in [-0.2, -0.15) is 0 Å². The van der Waals surface area contributed by atoms with E-state index in [2.05, 4.69) is 22.4 Å². The van der Waals surface area contributed by atoms with Crippen molar-refractivity contribution >= 4 is 35.3 Å². The van der Waals surface area contributed by atoms with Crippen molar-refractivity contribution in [3.05, 3.63) is 64.3 Å². The van der Waals surface area contributed by atoms with E-state index in [4.69, 9.17) is 11.6 Å². The fraction of sp³-hybridized carbons (Fsp3) is 0.318. The number of benzene rings is 1. The minimum absolute atomic E-state index is 0.000438. The molecule has 0 unspecified atom stereocenters. The molecule has 2 aromatic rings. The second kappa shape index (κ2) is 8.15. The van der Waals surface area contributed by atoms with Crippen LogP contribution in [0.2, 0.25) is 5.02 Å². The van der Waals surface area contributed by atoms with Crippen LogP contribution in [0.25, 0.3) is 6.08 Å². The van der Waals surface area contributed by atoms with Crippen molar-refractivity contribution in [2.24, 2.45) is 0 Å². The zero-order valence-electron chi connectivity index (χ0n) is 15.5. The lowest BCUT2D eigenvalue weighted by Gasteiger charge is -2.31. The maximum absolute atomic E-state index is 12.5. The molecule has 0 radical (unpaired) electrons. The van der Waals surface area contributed by atoms with Gasteiger partial charge in [-0.05, 0) is 66.1 Å². The molecule has 5 nitrogen and oxygen atoms in total. The average Bonchev–Trinajstić information content (AvgIpc) is 2.72. The molecule has 144 valence electrons. The largest absolute Gasteiger partial charge is 0.339 e. The Morgan fingerprint density at radius 1 is 1.18 bits per heavy atom. The third-order valence-electron chi connectivity index (χ3n) is 5.43. The van der Waals surface area contributed by atoms with Crippen molar-refractivity contribution in [1.82, 2.24) is 9.88 Å². The van der Waals surface area contributed by atoms with Gasteiger partial charge in [-0.3, -0.25) is 9.59 Å². The van der Waals surface area contributed by atoms with E-state index in [1.54, 1.807) is 18.3 Å². The number of nitrogens with zero attached hydrogens (tertiary/aromatic N) is 2. The Hall–Kier alpha value is -2.66. The van der Waals surface area contributed by atoms with Crippen LogP contribution in [0.4, 0.5) is 5.82 Å². The molecule has 1 N–H and O–H groups in total. The van der Waals surface area contributed by atoms with Crippen LogP contribution in [-0.2, 0) is 16.0 Å². The minimum Gasteiger partial charge on any atom is -0.339 e. The number of carbonyl (C=O) groups excluding carboxylic acids is 2. The van der Waals surface area contributed by atoms with Gasteiger partial charge in [0.1, 0.15) is 5.82 Å². The number of amides is 2. The van der Waals surface area contributed by atoms with Crippen LogP contribution in [0.15, 0.2) is 42.6 Å². The zero-order chi connectivity index (χ0) is 19.5. The summed E-state index contributed by atoms with van der Waals surface area (Å²) in [4.78, 5) is 30.1. The van der Waals surface area contributed by atoms with Crippen LogP contribution in [0.3, 0.4) is 0 Å². The number of aryl methyl sites for hydroxylation is 1. The summed E-state index contributed by atoms with van der Waals surface area (Å²) in [6, 6.07) is 9.99. The van der Waals surface area contributed by atoms with Crippen LogP contribution in [0.1, 0.15) is 41.9 Å². The van der Waals surface area contributed by atoms with E-state index in [0.717, 1.165) is 42.1 Å². The van der Waals surface area contributed by atoms with Gasteiger partial charge in [0, 0.05) is 36.8 Å². The Labute approximate surface area is 169 Å². The van der Waals surface area contributed by atoms with E-state index >= 15 is 0 Å². The topological polar surface area (TPSA) is 62.3 Å². The second-order valence-corrected chi connectivity index (χ2v) is 7.75. The molecular weight excluding hydrogens is 374 g/mol. The Balaban J connectivity index is 1.34. The monoisotopic (exact) mass is 395 g/mol. The Morgan fingerprint density at radius 3 is 2.68 bits per heavy atom. The highest BCUT2D eigenvalue weighted by Gasteiger charge is 2.22. The minimum atomic E-state index is 0.000438. The Bertz CT molecular complexity index is 916. The smallest absolute Gasteiger partial charge is 0.246 e. The highest BCUT2D eigenvalue weighted by Crippen LogP contribution is 2.29.